The third kappa shape index (κ3) is 2.58. The van der Waals surface area contributed by atoms with Gasteiger partial charge in [-0.3, -0.25) is 4.90 Å². The molecule has 0 amide bonds. The van der Waals surface area contributed by atoms with Crippen LogP contribution in [0.25, 0.3) is 0 Å². The summed E-state index contributed by atoms with van der Waals surface area (Å²) in [7, 11) is 0. The fraction of sp³-hybridized carbons (Fsp3) is 0.615. The van der Waals surface area contributed by atoms with Gasteiger partial charge in [-0.1, -0.05) is 11.6 Å². The maximum atomic E-state index is 6.28. The zero-order chi connectivity index (χ0) is 12.5. The minimum atomic E-state index is 0.461. The molecule has 5 heteroatoms. The van der Waals surface area contributed by atoms with Gasteiger partial charge in [-0.25, -0.2) is 4.98 Å². The van der Waals surface area contributed by atoms with Crippen molar-refractivity contribution in [3.63, 3.8) is 0 Å². The molecule has 3 rings (SSSR count). The lowest BCUT2D eigenvalue weighted by Gasteiger charge is -2.35. The first-order chi connectivity index (χ1) is 8.78. The maximum absolute atomic E-state index is 6.28. The van der Waals surface area contributed by atoms with Crippen LogP contribution in [0.1, 0.15) is 18.4 Å². The van der Waals surface area contributed by atoms with E-state index in [0.29, 0.717) is 10.9 Å². The Morgan fingerprint density at radius 1 is 1.22 bits per heavy atom. The minimum absolute atomic E-state index is 0.461. The van der Waals surface area contributed by atoms with E-state index in [1.165, 1.54) is 12.8 Å². The first-order valence-electron chi connectivity index (χ1n) is 6.47. The van der Waals surface area contributed by atoms with Gasteiger partial charge >= 0.3 is 0 Å². The van der Waals surface area contributed by atoms with E-state index in [2.05, 4.69) is 14.8 Å². The zero-order valence-corrected chi connectivity index (χ0v) is 11.8. The largest absolute Gasteiger partial charge is 0.353 e. The fourth-order valence-electron chi connectivity index (χ4n) is 2.51. The molecule has 0 bridgehead atoms. The van der Waals surface area contributed by atoms with Crippen molar-refractivity contribution in [2.24, 2.45) is 0 Å². The van der Waals surface area contributed by atoms with E-state index in [4.69, 9.17) is 23.2 Å². The summed E-state index contributed by atoms with van der Waals surface area (Å²) in [6.07, 6.45) is 4.58. The Morgan fingerprint density at radius 2 is 1.94 bits per heavy atom. The zero-order valence-electron chi connectivity index (χ0n) is 10.3. The Morgan fingerprint density at radius 3 is 2.50 bits per heavy atom. The van der Waals surface area contributed by atoms with Crippen LogP contribution in [-0.4, -0.2) is 42.1 Å². The van der Waals surface area contributed by atoms with Crippen LogP contribution in [-0.2, 0) is 5.88 Å². The highest BCUT2D eigenvalue weighted by Gasteiger charge is 2.31. The van der Waals surface area contributed by atoms with Crippen molar-refractivity contribution in [2.45, 2.75) is 24.8 Å². The lowest BCUT2D eigenvalue weighted by atomic mass is 10.2. The van der Waals surface area contributed by atoms with E-state index in [1.54, 1.807) is 0 Å². The molecule has 3 nitrogen and oxygen atoms in total. The van der Waals surface area contributed by atoms with Crippen LogP contribution in [0.2, 0.25) is 5.02 Å². The summed E-state index contributed by atoms with van der Waals surface area (Å²) in [6.45, 7) is 4.28. The number of pyridine rings is 1. The monoisotopic (exact) mass is 285 g/mol. The van der Waals surface area contributed by atoms with Gasteiger partial charge in [0.15, 0.2) is 0 Å². The molecule has 2 fully saturated rings. The number of piperazine rings is 1. The molecule has 1 saturated heterocycles. The molecule has 1 aliphatic carbocycles. The van der Waals surface area contributed by atoms with E-state index in [0.717, 1.165) is 43.6 Å². The minimum Gasteiger partial charge on any atom is -0.353 e. The van der Waals surface area contributed by atoms with E-state index in [9.17, 15) is 0 Å². The van der Waals surface area contributed by atoms with Crippen molar-refractivity contribution >= 4 is 29.0 Å². The number of hydrogen-bond donors (Lipinski definition) is 0. The number of hydrogen-bond acceptors (Lipinski definition) is 3. The normalized spacial score (nSPS) is 21.3. The van der Waals surface area contributed by atoms with Crippen LogP contribution in [0.15, 0.2) is 12.3 Å². The molecule has 2 aliphatic rings. The first kappa shape index (κ1) is 12.5. The highest BCUT2D eigenvalue weighted by molar-refractivity contribution is 6.33. The van der Waals surface area contributed by atoms with Crippen LogP contribution in [0.4, 0.5) is 5.82 Å². The number of rotatable bonds is 3. The number of halogens is 2. The van der Waals surface area contributed by atoms with Gasteiger partial charge < -0.3 is 4.90 Å². The number of anilines is 1. The van der Waals surface area contributed by atoms with Gasteiger partial charge in [0.1, 0.15) is 5.82 Å². The van der Waals surface area contributed by atoms with Crippen LogP contribution in [0, 0.1) is 0 Å². The number of alkyl halides is 1. The lowest BCUT2D eigenvalue weighted by Crippen LogP contribution is -2.47. The van der Waals surface area contributed by atoms with Gasteiger partial charge in [-0.05, 0) is 24.5 Å². The van der Waals surface area contributed by atoms with Crippen molar-refractivity contribution in [2.75, 3.05) is 31.1 Å². The second-order valence-electron chi connectivity index (χ2n) is 5.04. The molecule has 0 radical (unpaired) electrons. The van der Waals surface area contributed by atoms with Crippen LogP contribution in [0.5, 0.6) is 0 Å². The molecule has 0 aromatic carbocycles. The molecular weight excluding hydrogens is 269 g/mol. The molecule has 1 aromatic rings. The molecule has 18 heavy (non-hydrogen) atoms. The summed E-state index contributed by atoms with van der Waals surface area (Å²) in [6, 6.07) is 2.78. The smallest absolute Gasteiger partial charge is 0.147 e. The summed E-state index contributed by atoms with van der Waals surface area (Å²) in [5.74, 6) is 1.36. The molecule has 1 saturated carbocycles. The van der Waals surface area contributed by atoms with Crippen molar-refractivity contribution < 1.29 is 0 Å². The van der Waals surface area contributed by atoms with Gasteiger partial charge in [0, 0.05) is 44.3 Å². The first-order valence-corrected chi connectivity index (χ1v) is 7.38. The summed E-state index contributed by atoms with van der Waals surface area (Å²) < 4.78 is 0. The standard InChI is InChI=1S/C13H17Cl2N3/c14-8-10-7-12(15)13(16-9-10)18-5-3-17(4-6-18)11-1-2-11/h7,9,11H,1-6,8H2. The van der Waals surface area contributed by atoms with Gasteiger partial charge in [0.05, 0.1) is 5.02 Å². The van der Waals surface area contributed by atoms with Crippen molar-refractivity contribution in [1.82, 2.24) is 9.88 Å². The summed E-state index contributed by atoms with van der Waals surface area (Å²) in [5, 5.41) is 0.716. The third-order valence-corrected chi connectivity index (χ3v) is 4.30. The second-order valence-corrected chi connectivity index (χ2v) is 5.71. The lowest BCUT2D eigenvalue weighted by molar-refractivity contribution is 0.247. The molecule has 1 aromatic heterocycles. The van der Waals surface area contributed by atoms with Gasteiger partial charge in [0.25, 0.3) is 0 Å². The SMILES string of the molecule is ClCc1cnc(N2CCN(C3CC3)CC2)c(Cl)c1. The van der Waals surface area contributed by atoms with Crippen LogP contribution < -0.4 is 4.90 Å². The molecule has 98 valence electrons. The fourth-order valence-corrected chi connectivity index (χ4v) is 2.97. The molecule has 0 unspecified atom stereocenters. The van der Waals surface area contributed by atoms with Crippen LogP contribution in [0.3, 0.4) is 0 Å². The van der Waals surface area contributed by atoms with Gasteiger partial charge in [-0.15, -0.1) is 11.6 Å². The second kappa shape index (κ2) is 5.24. The van der Waals surface area contributed by atoms with Gasteiger partial charge in [0.2, 0.25) is 0 Å². The quantitative estimate of drug-likeness (QED) is 0.796. The Bertz CT molecular complexity index is 426. The highest BCUT2D eigenvalue weighted by atomic mass is 35.5. The van der Waals surface area contributed by atoms with Crippen molar-refractivity contribution in [3.05, 3.63) is 22.8 Å². The predicted octanol–water partition coefficient (Wildman–Crippen LogP) is 2.76. The van der Waals surface area contributed by atoms with E-state index >= 15 is 0 Å². The maximum Gasteiger partial charge on any atom is 0.147 e. The average Bonchev–Trinajstić information content (AvgIpc) is 3.23. The van der Waals surface area contributed by atoms with Crippen LogP contribution >= 0.6 is 23.2 Å². The molecular formula is C13H17Cl2N3. The topological polar surface area (TPSA) is 19.4 Å². The average molecular weight is 286 g/mol. The Balaban J connectivity index is 1.68. The van der Waals surface area contributed by atoms with E-state index in [1.807, 2.05) is 12.3 Å². The molecule has 0 atom stereocenters. The molecule has 0 spiro atoms. The van der Waals surface area contributed by atoms with E-state index < -0.39 is 0 Å². The Kier molecular flexibility index (Phi) is 3.64. The number of nitrogens with zero attached hydrogens (tertiary/aromatic N) is 3. The van der Waals surface area contributed by atoms with Crippen molar-refractivity contribution in [3.8, 4) is 0 Å². The molecule has 0 N–H and O–H groups in total. The highest BCUT2D eigenvalue weighted by Crippen LogP contribution is 2.30. The van der Waals surface area contributed by atoms with Crippen molar-refractivity contribution in [1.29, 1.82) is 0 Å². The number of aromatic nitrogens is 1. The summed E-state index contributed by atoms with van der Waals surface area (Å²) >= 11 is 12.1. The van der Waals surface area contributed by atoms with Gasteiger partial charge in [-0.2, -0.15) is 0 Å². The summed E-state index contributed by atoms with van der Waals surface area (Å²) in [5.41, 5.74) is 0.974. The Labute approximate surface area is 118 Å². The Hall–Kier alpha value is -0.510. The molecule has 1 aliphatic heterocycles. The van der Waals surface area contributed by atoms with E-state index in [-0.39, 0.29) is 0 Å². The summed E-state index contributed by atoms with van der Waals surface area (Å²) in [4.78, 5) is 9.31. The third-order valence-electron chi connectivity index (χ3n) is 3.71. The predicted molar refractivity (Wildman–Crippen MR) is 75.6 cm³/mol. The molecule has 2 heterocycles.